The highest BCUT2D eigenvalue weighted by Crippen LogP contribution is 2.64. The Morgan fingerprint density at radius 1 is 1.21 bits per heavy atom. The number of hydrogen-bond acceptors (Lipinski definition) is 3. The lowest BCUT2D eigenvalue weighted by Gasteiger charge is -2.59. The van der Waals surface area contributed by atoms with Gasteiger partial charge in [-0.1, -0.05) is 0 Å². The summed E-state index contributed by atoms with van der Waals surface area (Å²) < 4.78 is 6.76. The predicted octanol–water partition coefficient (Wildman–Crippen LogP) is 3.76. The standard InChI is InChI=1S/C15H21BrN2O/c16-12-1-2-19-13(12)14(18-17)15-6-9-3-10(7-15)5-11(4-9)8-15/h1-2,9-11,14,18H,3-8,17H2. The molecule has 3 nitrogen and oxygen atoms in total. The SMILES string of the molecule is NNC(c1occc1Br)C12CC3CC(CC(C3)C1)C2. The van der Waals surface area contributed by atoms with Gasteiger partial charge in [0, 0.05) is 0 Å². The molecule has 1 atom stereocenters. The topological polar surface area (TPSA) is 51.2 Å². The number of rotatable bonds is 3. The van der Waals surface area contributed by atoms with E-state index in [1.807, 2.05) is 6.07 Å². The minimum Gasteiger partial charge on any atom is -0.466 e. The van der Waals surface area contributed by atoms with Gasteiger partial charge in [0.25, 0.3) is 0 Å². The van der Waals surface area contributed by atoms with Gasteiger partial charge in [-0.15, -0.1) is 0 Å². The zero-order chi connectivity index (χ0) is 13.0. The van der Waals surface area contributed by atoms with Crippen molar-refractivity contribution in [1.82, 2.24) is 5.43 Å². The normalized spacial score (nSPS) is 41.7. The minimum atomic E-state index is 0.158. The van der Waals surface area contributed by atoms with Gasteiger partial charge in [0.1, 0.15) is 5.76 Å². The Hall–Kier alpha value is -0.320. The Labute approximate surface area is 122 Å². The maximum atomic E-state index is 5.92. The summed E-state index contributed by atoms with van der Waals surface area (Å²) in [7, 11) is 0. The predicted molar refractivity (Wildman–Crippen MR) is 77.1 cm³/mol. The van der Waals surface area contributed by atoms with E-state index in [9.17, 15) is 0 Å². The molecule has 4 fully saturated rings. The average molecular weight is 325 g/mol. The molecule has 0 spiro atoms. The molecule has 4 heteroatoms. The molecule has 5 rings (SSSR count). The van der Waals surface area contributed by atoms with Crippen LogP contribution in [-0.2, 0) is 0 Å². The lowest BCUT2D eigenvalue weighted by molar-refractivity contribution is -0.0786. The van der Waals surface area contributed by atoms with Gasteiger partial charge in [-0.05, 0) is 83.7 Å². The third-order valence-corrected chi connectivity index (χ3v) is 6.43. The first-order chi connectivity index (χ1) is 9.20. The first-order valence-corrected chi connectivity index (χ1v) is 8.18. The van der Waals surface area contributed by atoms with Crippen molar-refractivity contribution in [2.45, 2.75) is 44.6 Å². The van der Waals surface area contributed by atoms with E-state index in [4.69, 9.17) is 10.3 Å². The summed E-state index contributed by atoms with van der Waals surface area (Å²) in [5.74, 6) is 9.69. The first-order valence-electron chi connectivity index (χ1n) is 7.39. The summed E-state index contributed by atoms with van der Waals surface area (Å²) in [4.78, 5) is 0. The second-order valence-corrected chi connectivity index (χ2v) is 7.87. The van der Waals surface area contributed by atoms with Crippen LogP contribution in [0.25, 0.3) is 0 Å². The number of hydrazine groups is 1. The molecule has 1 unspecified atom stereocenters. The summed E-state index contributed by atoms with van der Waals surface area (Å²) in [5, 5.41) is 0. The Morgan fingerprint density at radius 2 is 1.79 bits per heavy atom. The van der Waals surface area contributed by atoms with E-state index in [1.54, 1.807) is 6.26 Å². The quantitative estimate of drug-likeness (QED) is 0.657. The summed E-state index contributed by atoms with van der Waals surface area (Å²) in [5.41, 5.74) is 3.40. The monoisotopic (exact) mass is 324 g/mol. The van der Waals surface area contributed by atoms with Crippen molar-refractivity contribution in [1.29, 1.82) is 0 Å². The third-order valence-electron chi connectivity index (χ3n) is 5.77. The maximum absolute atomic E-state index is 5.92. The van der Waals surface area contributed by atoms with Gasteiger partial charge in [-0.2, -0.15) is 0 Å². The van der Waals surface area contributed by atoms with E-state index >= 15 is 0 Å². The molecule has 3 N–H and O–H groups in total. The van der Waals surface area contributed by atoms with Crippen molar-refractivity contribution >= 4 is 15.9 Å². The second-order valence-electron chi connectivity index (χ2n) is 7.01. The van der Waals surface area contributed by atoms with Gasteiger partial charge >= 0.3 is 0 Å². The van der Waals surface area contributed by atoms with Crippen LogP contribution in [-0.4, -0.2) is 0 Å². The molecule has 1 heterocycles. The number of nitrogens with two attached hydrogens (primary N) is 1. The molecule has 0 radical (unpaired) electrons. The fraction of sp³-hybridized carbons (Fsp3) is 0.733. The molecule has 1 aromatic heterocycles. The fourth-order valence-electron chi connectivity index (χ4n) is 5.57. The van der Waals surface area contributed by atoms with Gasteiger partial charge in [0.2, 0.25) is 0 Å². The van der Waals surface area contributed by atoms with E-state index in [2.05, 4.69) is 21.4 Å². The van der Waals surface area contributed by atoms with E-state index in [1.165, 1.54) is 38.5 Å². The van der Waals surface area contributed by atoms with E-state index in [0.717, 1.165) is 28.0 Å². The third kappa shape index (κ3) is 1.83. The van der Waals surface area contributed by atoms with Crippen LogP contribution in [0.5, 0.6) is 0 Å². The minimum absolute atomic E-state index is 0.158. The Bertz CT molecular complexity index is 449. The molecular weight excluding hydrogens is 304 g/mol. The smallest absolute Gasteiger partial charge is 0.136 e. The molecule has 0 aromatic carbocycles. The van der Waals surface area contributed by atoms with E-state index in [0.29, 0.717) is 5.41 Å². The van der Waals surface area contributed by atoms with Gasteiger partial charge < -0.3 is 4.42 Å². The van der Waals surface area contributed by atoms with Crippen molar-refractivity contribution < 1.29 is 4.42 Å². The zero-order valence-electron chi connectivity index (χ0n) is 11.1. The summed E-state index contributed by atoms with van der Waals surface area (Å²) in [6, 6.07) is 2.13. The molecule has 104 valence electrons. The maximum Gasteiger partial charge on any atom is 0.136 e. The van der Waals surface area contributed by atoms with Crippen LogP contribution in [0.15, 0.2) is 21.2 Å². The van der Waals surface area contributed by atoms with Crippen LogP contribution in [0.4, 0.5) is 0 Å². The molecule has 0 amide bonds. The first kappa shape index (κ1) is 12.4. The Kier molecular flexibility index (Phi) is 2.84. The van der Waals surface area contributed by atoms with Gasteiger partial charge in [-0.25, -0.2) is 5.43 Å². The zero-order valence-corrected chi connectivity index (χ0v) is 12.7. The summed E-state index contributed by atoms with van der Waals surface area (Å²) in [6.07, 6.45) is 10.1. The van der Waals surface area contributed by atoms with E-state index in [-0.39, 0.29) is 6.04 Å². The lowest BCUT2D eigenvalue weighted by atomic mass is 9.47. The Balaban J connectivity index is 1.72. The highest BCUT2D eigenvalue weighted by atomic mass is 79.9. The van der Waals surface area contributed by atoms with Crippen LogP contribution in [0.2, 0.25) is 0 Å². The van der Waals surface area contributed by atoms with Crippen molar-refractivity contribution in [3.63, 3.8) is 0 Å². The Morgan fingerprint density at radius 3 is 2.21 bits per heavy atom. The molecule has 4 aliphatic carbocycles. The van der Waals surface area contributed by atoms with Gasteiger partial charge in [0.05, 0.1) is 16.8 Å². The molecule has 0 aliphatic heterocycles. The molecule has 19 heavy (non-hydrogen) atoms. The molecule has 4 aliphatic rings. The second kappa shape index (κ2) is 4.34. The number of nitrogens with one attached hydrogen (secondary N) is 1. The molecular formula is C15H21BrN2O. The van der Waals surface area contributed by atoms with Crippen molar-refractivity contribution in [3.05, 3.63) is 22.6 Å². The largest absolute Gasteiger partial charge is 0.466 e. The van der Waals surface area contributed by atoms with Crippen molar-refractivity contribution in [2.24, 2.45) is 29.0 Å². The lowest BCUT2D eigenvalue weighted by Crippen LogP contribution is -2.53. The van der Waals surface area contributed by atoms with Gasteiger partial charge in [-0.3, -0.25) is 5.84 Å². The van der Waals surface area contributed by atoms with Crippen LogP contribution < -0.4 is 11.3 Å². The van der Waals surface area contributed by atoms with E-state index < -0.39 is 0 Å². The van der Waals surface area contributed by atoms with Crippen LogP contribution in [0.3, 0.4) is 0 Å². The van der Waals surface area contributed by atoms with Gasteiger partial charge in [0.15, 0.2) is 0 Å². The number of halogens is 1. The number of hydrogen-bond donors (Lipinski definition) is 2. The number of furan rings is 1. The van der Waals surface area contributed by atoms with Crippen molar-refractivity contribution in [2.75, 3.05) is 0 Å². The highest BCUT2D eigenvalue weighted by Gasteiger charge is 2.55. The van der Waals surface area contributed by atoms with Crippen LogP contribution in [0.1, 0.15) is 50.3 Å². The average Bonchev–Trinajstić information content (AvgIpc) is 2.74. The summed E-state index contributed by atoms with van der Waals surface area (Å²) >= 11 is 3.60. The summed E-state index contributed by atoms with van der Waals surface area (Å²) in [6.45, 7) is 0. The molecule has 0 saturated heterocycles. The molecule has 1 aromatic rings. The van der Waals surface area contributed by atoms with Crippen molar-refractivity contribution in [3.8, 4) is 0 Å². The molecule has 4 bridgehead atoms. The van der Waals surface area contributed by atoms with Crippen LogP contribution >= 0.6 is 15.9 Å². The fourth-order valence-corrected chi connectivity index (χ4v) is 6.00. The highest BCUT2D eigenvalue weighted by molar-refractivity contribution is 9.10. The molecule has 4 saturated carbocycles. The van der Waals surface area contributed by atoms with Crippen LogP contribution in [0, 0.1) is 23.2 Å².